The van der Waals surface area contributed by atoms with Gasteiger partial charge in [-0.2, -0.15) is 0 Å². The van der Waals surface area contributed by atoms with Crippen molar-refractivity contribution in [3.05, 3.63) is 35.5 Å². The average molecular weight is 571 g/mol. The van der Waals surface area contributed by atoms with E-state index in [1.807, 2.05) is 13.8 Å². The molecule has 0 bridgehead atoms. The lowest BCUT2D eigenvalue weighted by Gasteiger charge is -2.44. The highest BCUT2D eigenvalue weighted by Crippen LogP contribution is 2.60. The minimum Gasteiger partial charge on any atom is -0.411 e. The largest absolute Gasteiger partial charge is 0.411 e. The van der Waals surface area contributed by atoms with Gasteiger partial charge in [0, 0.05) is 6.42 Å². The van der Waals surface area contributed by atoms with Crippen molar-refractivity contribution in [3.8, 4) is 0 Å². The zero-order chi connectivity index (χ0) is 29.7. The summed E-state index contributed by atoms with van der Waals surface area (Å²) in [5, 5.41) is 0.148. The number of allylic oxidation sites excluding steroid dienone is 3. The van der Waals surface area contributed by atoms with E-state index < -0.39 is 14.1 Å². The van der Waals surface area contributed by atoms with E-state index in [0.29, 0.717) is 5.41 Å². The predicted octanol–water partition coefficient (Wildman–Crippen LogP) is 10.4. The molecule has 0 aromatic rings. The Bertz CT molecular complexity index is 982. The normalized spacial score (nSPS) is 37.3. The lowest BCUT2D eigenvalue weighted by atomic mass is 9.60. The van der Waals surface area contributed by atoms with E-state index >= 15 is 0 Å². The second-order valence-electron chi connectivity index (χ2n) is 16.5. The molecule has 3 nitrogen and oxygen atoms in total. The van der Waals surface area contributed by atoms with Gasteiger partial charge >= 0.3 is 0 Å². The molecule has 0 spiro atoms. The van der Waals surface area contributed by atoms with Gasteiger partial charge in [-0.25, -0.2) is 0 Å². The third-order valence-electron chi connectivity index (χ3n) is 11.6. The molecule has 0 radical (unpaired) electrons. The maximum absolute atomic E-state index is 7.02. The molecule has 40 heavy (non-hydrogen) atoms. The van der Waals surface area contributed by atoms with Gasteiger partial charge in [0.2, 0.25) is 0 Å². The van der Waals surface area contributed by atoms with E-state index in [0.717, 1.165) is 35.7 Å². The molecule has 4 fully saturated rings. The van der Waals surface area contributed by atoms with Crippen LogP contribution < -0.4 is 0 Å². The molecular weight excluding hydrogens is 508 g/mol. The zero-order valence-corrected chi connectivity index (χ0v) is 29.0. The molecule has 0 aromatic heterocycles. The molecule has 3 aliphatic carbocycles. The third-order valence-corrected chi connectivity index (χ3v) is 16.1. The van der Waals surface area contributed by atoms with Crippen molar-refractivity contribution in [3.63, 3.8) is 0 Å². The maximum Gasteiger partial charge on any atom is 0.192 e. The van der Waals surface area contributed by atoms with Crippen LogP contribution in [0.4, 0.5) is 0 Å². The number of hydrogen-bond donors (Lipinski definition) is 0. The summed E-state index contributed by atoms with van der Waals surface area (Å²) in [7, 11) is -1.98. The van der Waals surface area contributed by atoms with Crippen molar-refractivity contribution in [1.29, 1.82) is 0 Å². The van der Waals surface area contributed by atoms with E-state index in [4.69, 9.17) is 13.9 Å². The molecule has 4 heteroatoms. The van der Waals surface area contributed by atoms with Crippen LogP contribution in [-0.2, 0) is 13.9 Å². The summed E-state index contributed by atoms with van der Waals surface area (Å²) in [6.07, 6.45) is 16.4. The van der Waals surface area contributed by atoms with Crippen molar-refractivity contribution < 1.29 is 13.9 Å². The SMILES string of the molecule is C=C1/C(=C\C=C2/CCC[C@@]3(C)C2CCC3[C@H](C)CCCC(C)C)C[C@@H](O[Si](C)(C)C(C)(C)C)[C@H]2OC(C)(C)O[C@H]12. The Labute approximate surface area is 248 Å². The van der Waals surface area contributed by atoms with Gasteiger partial charge in [-0.15, -0.1) is 0 Å². The zero-order valence-electron chi connectivity index (χ0n) is 28.0. The Balaban J connectivity index is 1.55. The van der Waals surface area contributed by atoms with E-state index in [-0.39, 0.29) is 23.4 Å². The standard InChI is InChI=1S/C36H62O3Si/c1-24(2)15-13-16-25(3)29-20-21-30-27(17-14-22-36(29,30)10)18-19-28-23-31(39-40(11,12)34(5,6)7)33-32(26(28)4)37-35(8,9)38-33/h18-19,24-25,29-33H,4,13-17,20-23H2,1-3,5-12H3/b27-18+,28-19-/t25-,29?,30?,31-,32-,33-,36-/m1/s1. The molecule has 4 rings (SSSR count). The van der Waals surface area contributed by atoms with Crippen LogP contribution in [0.3, 0.4) is 0 Å². The summed E-state index contributed by atoms with van der Waals surface area (Å²) in [6, 6.07) is 0. The molecule has 1 heterocycles. The van der Waals surface area contributed by atoms with Gasteiger partial charge in [0.1, 0.15) is 12.2 Å². The molecule has 2 unspecified atom stereocenters. The lowest BCUT2D eigenvalue weighted by Crippen LogP contribution is -2.51. The van der Waals surface area contributed by atoms with Gasteiger partial charge in [-0.3, -0.25) is 0 Å². The molecule has 3 saturated carbocycles. The van der Waals surface area contributed by atoms with Crippen LogP contribution in [0.2, 0.25) is 18.1 Å². The van der Waals surface area contributed by atoms with Crippen LogP contribution in [0.5, 0.6) is 0 Å². The van der Waals surface area contributed by atoms with Crippen molar-refractivity contribution in [2.75, 3.05) is 0 Å². The first-order chi connectivity index (χ1) is 18.4. The van der Waals surface area contributed by atoms with Crippen molar-refractivity contribution in [2.45, 2.75) is 162 Å². The summed E-state index contributed by atoms with van der Waals surface area (Å²) >= 11 is 0. The summed E-state index contributed by atoms with van der Waals surface area (Å²) in [6.45, 7) is 30.2. The molecule has 228 valence electrons. The molecule has 1 aliphatic heterocycles. The fraction of sp³-hybridized carbons (Fsp3) is 0.833. The van der Waals surface area contributed by atoms with Gasteiger partial charge in [0.05, 0.1) is 6.10 Å². The van der Waals surface area contributed by atoms with Gasteiger partial charge in [-0.1, -0.05) is 92.0 Å². The summed E-state index contributed by atoms with van der Waals surface area (Å²) < 4.78 is 19.9. The number of hydrogen-bond acceptors (Lipinski definition) is 3. The van der Waals surface area contributed by atoms with Crippen LogP contribution in [0.15, 0.2) is 35.5 Å². The first-order valence-electron chi connectivity index (χ1n) is 16.6. The van der Waals surface area contributed by atoms with E-state index in [2.05, 4.69) is 80.3 Å². The van der Waals surface area contributed by atoms with Gasteiger partial charge < -0.3 is 13.9 Å². The second kappa shape index (κ2) is 11.8. The first kappa shape index (κ1) is 32.2. The first-order valence-corrected chi connectivity index (χ1v) is 19.5. The van der Waals surface area contributed by atoms with Gasteiger partial charge in [0.15, 0.2) is 14.1 Å². The monoisotopic (exact) mass is 570 g/mol. The Hall–Kier alpha value is -0.683. The third kappa shape index (κ3) is 6.61. The fourth-order valence-electron chi connectivity index (χ4n) is 8.29. The number of rotatable bonds is 8. The highest BCUT2D eigenvalue weighted by molar-refractivity contribution is 6.74. The van der Waals surface area contributed by atoms with Crippen LogP contribution >= 0.6 is 0 Å². The fourth-order valence-corrected chi connectivity index (χ4v) is 9.62. The van der Waals surface area contributed by atoms with Crippen molar-refractivity contribution in [1.82, 2.24) is 0 Å². The maximum atomic E-state index is 7.02. The predicted molar refractivity (Wildman–Crippen MR) is 172 cm³/mol. The summed E-state index contributed by atoms with van der Waals surface area (Å²) in [5.41, 5.74) is 4.51. The second-order valence-corrected chi connectivity index (χ2v) is 21.3. The van der Waals surface area contributed by atoms with Crippen molar-refractivity contribution in [2.24, 2.45) is 29.1 Å². The highest BCUT2D eigenvalue weighted by Gasteiger charge is 2.53. The number of ether oxygens (including phenoxy) is 2. The Morgan fingerprint density at radius 3 is 2.40 bits per heavy atom. The number of fused-ring (bicyclic) bond motifs is 2. The van der Waals surface area contributed by atoms with E-state index in [1.165, 1.54) is 56.9 Å². The van der Waals surface area contributed by atoms with Crippen LogP contribution in [0, 0.1) is 29.1 Å². The summed E-state index contributed by atoms with van der Waals surface area (Å²) in [4.78, 5) is 0. The minimum atomic E-state index is -1.98. The van der Waals surface area contributed by atoms with Gasteiger partial charge in [0.25, 0.3) is 0 Å². The molecule has 0 amide bonds. The summed E-state index contributed by atoms with van der Waals surface area (Å²) in [5.74, 6) is 2.62. The lowest BCUT2D eigenvalue weighted by molar-refractivity contribution is -0.151. The Morgan fingerprint density at radius 2 is 1.75 bits per heavy atom. The van der Waals surface area contributed by atoms with E-state index in [9.17, 15) is 0 Å². The van der Waals surface area contributed by atoms with E-state index in [1.54, 1.807) is 5.57 Å². The molecule has 0 aromatic carbocycles. The average Bonchev–Trinajstić information content (AvgIpc) is 3.35. The van der Waals surface area contributed by atoms with Gasteiger partial charge in [-0.05, 0) is 104 Å². The minimum absolute atomic E-state index is 0.00184. The van der Waals surface area contributed by atoms with Crippen LogP contribution in [0.25, 0.3) is 0 Å². The molecule has 7 atom stereocenters. The van der Waals surface area contributed by atoms with Crippen LogP contribution in [0.1, 0.15) is 120 Å². The molecule has 4 aliphatic rings. The highest BCUT2D eigenvalue weighted by atomic mass is 28.4. The Kier molecular flexibility index (Phi) is 9.49. The quantitative estimate of drug-likeness (QED) is 0.272. The smallest absolute Gasteiger partial charge is 0.192 e. The topological polar surface area (TPSA) is 27.7 Å². The van der Waals surface area contributed by atoms with Crippen LogP contribution in [-0.4, -0.2) is 32.4 Å². The molecular formula is C36H62O3Si. The molecule has 1 saturated heterocycles. The van der Waals surface area contributed by atoms with Crippen molar-refractivity contribution >= 4 is 8.32 Å². The molecule has 0 N–H and O–H groups in total. The Morgan fingerprint density at radius 1 is 1.05 bits per heavy atom.